The van der Waals surface area contributed by atoms with Crippen molar-refractivity contribution < 1.29 is 14.3 Å². The van der Waals surface area contributed by atoms with Gasteiger partial charge in [0, 0.05) is 19.2 Å². The Kier molecular flexibility index (Phi) is 5.67. The number of hydrogen-bond acceptors (Lipinski definition) is 6. The molecule has 1 aliphatic heterocycles. The van der Waals surface area contributed by atoms with Crippen molar-refractivity contribution in [3.05, 3.63) is 72.2 Å². The third-order valence-electron chi connectivity index (χ3n) is 4.50. The highest BCUT2D eigenvalue weighted by molar-refractivity contribution is 6.04. The zero-order valence-corrected chi connectivity index (χ0v) is 16.2. The number of carbonyl (C=O) groups excluding carboxylic acids is 1. The fourth-order valence-electron chi connectivity index (χ4n) is 3.08. The summed E-state index contributed by atoms with van der Waals surface area (Å²) in [4.78, 5) is 23.8. The van der Waals surface area contributed by atoms with Crippen LogP contribution in [0.15, 0.2) is 60.7 Å². The fourth-order valence-corrected chi connectivity index (χ4v) is 3.08. The van der Waals surface area contributed by atoms with E-state index in [0.717, 1.165) is 18.9 Å². The molecule has 1 saturated heterocycles. The number of amides is 1. The SMILES string of the molecule is Cc1nc(C(=O)Nc2ccccc2Oc2ccccc2)cc(N2CCOCC2)n1. The Bertz CT molecular complexity index is 988. The Hall–Kier alpha value is -3.45. The molecule has 1 fully saturated rings. The second-order valence-electron chi connectivity index (χ2n) is 6.62. The first-order valence-electron chi connectivity index (χ1n) is 9.51. The van der Waals surface area contributed by atoms with E-state index >= 15 is 0 Å². The van der Waals surface area contributed by atoms with E-state index in [9.17, 15) is 4.79 Å². The number of nitrogens with zero attached hydrogens (tertiary/aromatic N) is 3. The van der Waals surface area contributed by atoms with Crippen molar-refractivity contribution in [1.29, 1.82) is 0 Å². The van der Waals surface area contributed by atoms with Gasteiger partial charge in [-0.1, -0.05) is 30.3 Å². The summed E-state index contributed by atoms with van der Waals surface area (Å²) in [6.07, 6.45) is 0. The van der Waals surface area contributed by atoms with E-state index in [1.165, 1.54) is 0 Å². The summed E-state index contributed by atoms with van der Waals surface area (Å²) in [6.45, 7) is 4.56. The molecule has 1 aromatic heterocycles. The number of rotatable bonds is 5. The minimum atomic E-state index is -0.311. The Labute approximate surface area is 169 Å². The molecule has 0 unspecified atom stereocenters. The topological polar surface area (TPSA) is 76.6 Å². The van der Waals surface area contributed by atoms with Crippen LogP contribution < -0.4 is 15.0 Å². The fraction of sp³-hybridized carbons (Fsp3) is 0.227. The lowest BCUT2D eigenvalue weighted by molar-refractivity contribution is 0.102. The summed E-state index contributed by atoms with van der Waals surface area (Å²) in [5.41, 5.74) is 0.888. The summed E-state index contributed by atoms with van der Waals surface area (Å²) in [7, 11) is 0. The number of morpholine rings is 1. The zero-order chi connectivity index (χ0) is 20.1. The van der Waals surface area contributed by atoms with E-state index in [4.69, 9.17) is 9.47 Å². The molecule has 0 spiro atoms. The molecular weight excluding hydrogens is 368 g/mol. The van der Waals surface area contributed by atoms with Gasteiger partial charge in [-0.3, -0.25) is 4.79 Å². The van der Waals surface area contributed by atoms with E-state index in [1.54, 1.807) is 19.1 Å². The first-order valence-corrected chi connectivity index (χ1v) is 9.51. The maximum atomic E-state index is 12.9. The van der Waals surface area contributed by atoms with Crippen LogP contribution in [0.3, 0.4) is 0 Å². The molecule has 0 radical (unpaired) electrons. The highest BCUT2D eigenvalue weighted by Gasteiger charge is 2.18. The predicted octanol–water partition coefficient (Wildman–Crippen LogP) is 3.67. The van der Waals surface area contributed by atoms with Gasteiger partial charge in [-0.15, -0.1) is 0 Å². The summed E-state index contributed by atoms with van der Waals surface area (Å²) < 4.78 is 11.3. The molecule has 1 amide bonds. The van der Waals surface area contributed by atoms with E-state index in [2.05, 4.69) is 20.2 Å². The molecule has 1 N–H and O–H groups in total. The normalized spacial score (nSPS) is 13.8. The lowest BCUT2D eigenvalue weighted by Crippen LogP contribution is -2.37. The van der Waals surface area contributed by atoms with Crippen LogP contribution >= 0.6 is 0 Å². The van der Waals surface area contributed by atoms with Gasteiger partial charge in [-0.2, -0.15) is 0 Å². The monoisotopic (exact) mass is 390 g/mol. The average Bonchev–Trinajstić information content (AvgIpc) is 2.76. The summed E-state index contributed by atoms with van der Waals surface area (Å²) >= 11 is 0. The summed E-state index contributed by atoms with van der Waals surface area (Å²) in [6, 6.07) is 18.5. The van der Waals surface area contributed by atoms with Crippen molar-refractivity contribution in [3.8, 4) is 11.5 Å². The van der Waals surface area contributed by atoms with Gasteiger partial charge < -0.3 is 19.7 Å². The molecule has 0 bridgehead atoms. The number of anilines is 2. The molecule has 29 heavy (non-hydrogen) atoms. The van der Waals surface area contributed by atoms with Crippen LogP contribution in [-0.4, -0.2) is 42.2 Å². The van der Waals surface area contributed by atoms with E-state index in [1.807, 2.05) is 48.5 Å². The molecule has 148 valence electrons. The van der Waals surface area contributed by atoms with Crippen LogP contribution in [0.25, 0.3) is 0 Å². The van der Waals surface area contributed by atoms with Crippen LogP contribution in [-0.2, 0) is 4.74 Å². The highest BCUT2D eigenvalue weighted by Crippen LogP contribution is 2.29. The molecule has 7 nitrogen and oxygen atoms in total. The van der Waals surface area contributed by atoms with E-state index < -0.39 is 0 Å². The third-order valence-corrected chi connectivity index (χ3v) is 4.50. The van der Waals surface area contributed by atoms with Crippen molar-refractivity contribution in [2.45, 2.75) is 6.92 Å². The van der Waals surface area contributed by atoms with Crippen molar-refractivity contribution >= 4 is 17.4 Å². The van der Waals surface area contributed by atoms with Crippen molar-refractivity contribution in [1.82, 2.24) is 9.97 Å². The van der Waals surface area contributed by atoms with E-state index in [0.29, 0.717) is 41.9 Å². The van der Waals surface area contributed by atoms with Gasteiger partial charge in [0.2, 0.25) is 0 Å². The number of hydrogen-bond donors (Lipinski definition) is 1. The number of aromatic nitrogens is 2. The number of ether oxygens (including phenoxy) is 2. The number of para-hydroxylation sites is 3. The van der Waals surface area contributed by atoms with Crippen molar-refractivity contribution in [2.75, 3.05) is 36.5 Å². The van der Waals surface area contributed by atoms with E-state index in [-0.39, 0.29) is 5.91 Å². The molecule has 3 aromatic rings. The minimum Gasteiger partial charge on any atom is -0.455 e. The molecule has 0 saturated carbocycles. The molecule has 4 rings (SSSR count). The molecule has 2 aromatic carbocycles. The minimum absolute atomic E-state index is 0.311. The summed E-state index contributed by atoms with van der Waals surface area (Å²) in [5.74, 6) is 2.23. The van der Waals surface area contributed by atoms with Gasteiger partial charge in [-0.25, -0.2) is 9.97 Å². The van der Waals surface area contributed by atoms with Gasteiger partial charge in [0.15, 0.2) is 5.75 Å². The lowest BCUT2D eigenvalue weighted by atomic mass is 10.2. The standard InChI is InChI=1S/C22H22N4O3/c1-16-23-19(15-21(24-16)26-11-13-28-14-12-26)22(27)25-18-9-5-6-10-20(18)29-17-7-3-2-4-8-17/h2-10,15H,11-14H2,1H3,(H,25,27). The zero-order valence-electron chi connectivity index (χ0n) is 16.2. The maximum absolute atomic E-state index is 12.9. The molecule has 0 aliphatic carbocycles. The van der Waals surface area contributed by atoms with Crippen LogP contribution in [0.4, 0.5) is 11.5 Å². The smallest absolute Gasteiger partial charge is 0.274 e. The quantitative estimate of drug-likeness (QED) is 0.716. The van der Waals surface area contributed by atoms with Crippen LogP contribution in [0.5, 0.6) is 11.5 Å². The first kappa shape index (κ1) is 18.9. The highest BCUT2D eigenvalue weighted by atomic mass is 16.5. The second-order valence-corrected chi connectivity index (χ2v) is 6.62. The largest absolute Gasteiger partial charge is 0.455 e. The number of nitrogens with one attached hydrogen (secondary N) is 1. The Balaban J connectivity index is 1.55. The lowest BCUT2D eigenvalue weighted by Gasteiger charge is -2.28. The Morgan fingerprint density at radius 3 is 2.55 bits per heavy atom. The van der Waals surface area contributed by atoms with Gasteiger partial charge >= 0.3 is 0 Å². The second kappa shape index (κ2) is 8.70. The number of benzene rings is 2. The van der Waals surface area contributed by atoms with Gasteiger partial charge in [0.1, 0.15) is 23.1 Å². The van der Waals surface area contributed by atoms with Crippen molar-refractivity contribution in [3.63, 3.8) is 0 Å². The third kappa shape index (κ3) is 4.70. The average molecular weight is 390 g/mol. The number of aryl methyl sites for hydroxylation is 1. The number of carbonyl (C=O) groups is 1. The van der Waals surface area contributed by atoms with Gasteiger partial charge in [0.05, 0.1) is 18.9 Å². The molecule has 2 heterocycles. The van der Waals surface area contributed by atoms with Crippen LogP contribution in [0.2, 0.25) is 0 Å². The Morgan fingerprint density at radius 2 is 1.76 bits per heavy atom. The predicted molar refractivity (Wildman–Crippen MR) is 111 cm³/mol. The summed E-state index contributed by atoms with van der Waals surface area (Å²) in [5, 5.41) is 2.91. The van der Waals surface area contributed by atoms with Crippen molar-refractivity contribution in [2.24, 2.45) is 0 Å². The molecular formula is C22H22N4O3. The van der Waals surface area contributed by atoms with Gasteiger partial charge in [-0.05, 0) is 31.2 Å². The molecule has 0 atom stereocenters. The van der Waals surface area contributed by atoms with Crippen LogP contribution in [0.1, 0.15) is 16.3 Å². The van der Waals surface area contributed by atoms with Crippen LogP contribution in [0, 0.1) is 6.92 Å². The van der Waals surface area contributed by atoms with Gasteiger partial charge in [0.25, 0.3) is 5.91 Å². The maximum Gasteiger partial charge on any atom is 0.274 e. The molecule has 1 aliphatic rings. The first-order chi connectivity index (χ1) is 14.2. The Morgan fingerprint density at radius 1 is 1.03 bits per heavy atom. The molecule has 7 heteroatoms.